The molecule has 0 aromatic heterocycles. The second-order valence-electron chi connectivity index (χ2n) is 7.91. The highest BCUT2D eigenvalue weighted by Crippen LogP contribution is 2.45. The Balaban J connectivity index is 1.79. The fraction of sp³-hybridized carbons (Fsp3) is 0.333. The summed E-state index contributed by atoms with van der Waals surface area (Å²) in [6, 6.07) is 10.4. The maximum atomic E-state index is 6.38. The van der Waals surface area contributed by atoms with E-state index in [0.29, 0.717) is 0 Å². The average molecular weight is 345 g/mol. The van der Waals surface area contributed by atoms with Crippen LogP contribution in [0.2, 0.25) is 0 Å². The van der Waals surface area contributed by atoms with Crippen molar-refractivity contribution in [2.24, 2.45) is 0 Å². The highest BCUT2D eigenvalue weighted by molar-refractivity contribution is 5.69. The summed E-state index contributed by atoms with van der Waals surface area (Å²) in [5.41, 5.74) is 7.91. The normalized spacial score (nSPS) is 21.4. The van der Waals surface area contributed by atoms with E-state index in [4.69, 9.17) is 4.74 Å². The molecular formula is C24H27NO. The van der Waals surface area contributed by atoms with E-state index in [1.54, 1.807) is 0 Å². The van der Waals surface area contributed by atoms with E-state index in [-0.39, 0.29) is 5.54 Å². The van der Waals surface area contributed by atoms with Gasteiger partial charge in [0.2, 0.25) is 0 Å². The van der Waals surface area contributed by atoms with E-state index in [0.717, 1.165) is 30.0 Å². The summed E-state index contributed by atoms with van der Waals surface area (Å²) in [6.45, 7) is 12.2. The Bertz CT molecular complexity index is 907. The third-order valence-electron chi connectivity index (χ3n) is 5.68. The molecule has 3 aliphatic rings. The molecule has 0 N–H and O–H groups in total. The predicted octanol–water partition coefficient (Wildman–Crippen LogP) is 5.98. The van der Waals surface area contributed by atoms with Crippen LogP contribution in [0.3, 0.4) is 0 Å². The molecule has 26 heavy (non-hydrogen) atoms. The molecule has 0 amide bonds. The minimum atomic E-state index is 0.0256. The molecule has 4 rings (SSSR count). The highest BCUT2D eigenvalue weighted by atomic mass is 16.5. The molecule has 1 aromatic rings. The van der Waals surface area contributed by atoms with E-state index < -0.39 is 0 Å². The van der Waals surface area contributed by atoms with Gasteiger partial charge in [-0.1, -0.05) is 36.4 Å². The van der Waals surface area contributed by atoms with Crippen LogP contribution in [0.25, 0.3) is 5.76 Å². The van der Waals surface area contributed by atoms with E-state index >= 15 is 0 Å². The molecule has 0 radical (unpaired) electrons. The van der Waals surface area contributed by atoms with Crippen LogP contribution in [0.4, 0.5) is 0 Å². The van der Waals surface area contributed by atoms with Crippen molar-refractivity contribution in [1.82, 2.24) is 4.90 Å². The van der Waals surface area contributed by atoms with Crippen LogP contribution >= 0.6 is 0 Å². The smallest absolute Gasteiger partial charge is 0.134 e. The Hall–Kier alpha value is -2.48. The van der Waals surface area contributed by atoms with Gasteiger partial charge in [0.15, 0.2) is 0 Å². The lowest BCUT2D eigenvalue weighted by atomic mass is 9.81. The van der Waals surface area contributed by atoms with Crippen LogP contribution in [0.15, 0.2) is 82.3 Å². The van der Waals surface area contributed by atoms with Gasteiger partial charge in [-0.05, 0) is 57.4 Å². The molecule has 2 aliphatic heterocycles. The molecule has 0 bridgehead atoms. The summed E-state index contributed by atoms with van der Waals surface area (Å²) in [5, 5.41) is 0. The second-order valence-corrected chi connectivity index (χ2v) is 7.91. The molecule has 134 valence electrons. The van der Waals surface area contributed by atoms with Gasteiger partial charge in [0.05, 0.1) is 5.54 Å². The fourth-order valence-electron chi connectivity index (χ4n) is 4.42. The van der Waals surface area contributed by atoms with Crippen molar-refractivity contribution in [1.29, 1.82) is 0 Å². The van der Waals surface area contributed by atoms with Crippen molar-refractivity contribution in [3.8, 4) is 0 Å². The standard InChI is InChI=1S/C24H27NO/c1-6-25-21-14-23-20(13-19(21)17(3)15-24(25,4)5)16(2)12-22(26-23)18-10-8-7-9-11-18/h7-12,14-15H,6,13H2,1-5H3. The van der Waals surface area contributed by atoms with Crippen molar-refractivity contribution < 1.29 is 4.74 Å². The summed E-state index contributed by atoms with van der Waals surface area (Å²) in [4.78, 5) is 2.48. The van der Waals surface area contributed by atoms with Gasteiger partial charge in [-0.15, -0.1) is 0 Å². The lowest BCUT2D eigenvalue weighted by Crippen LogP contribution is -2.44. The van der Waals surface area contributed by atoms with Crippen molar-refractivity contribution in [3.05, 3.63) is 87.9 Å². The molecule has 0 saturated carbocycles. The maximum Gasteiger partial charge on any atom is 0.134 e. The highest BCUT2D eigenvalue weighted by Gasteiger charge is 2.35. The molecule has 2 heteroatoms. The summed E-state index contributed by atoms with van der Waals surface area (Å²) in [6.07, 6.45) is 7.78. The van der Waals surface area contributed by atoms with Gasteiger partial charge in [0.25, 0.3) is 0 Å². The summed E-state index contributed by atoms with van der Waals surface area (Å²) >= 11 is 0. The van der Waals surface area contributed by atoms with E-state index in [9.17, 15) is 0 Å². The number of ether oxygens (including phenoxy) is 1. The molecule has 0 saturated heterocycles. The molecular weight excluding hydrogens is 318 g/mol. The first-order valence-corrected chi connectivity index (χ1v) is 9.48. The van der Waals surface area contributed by atoms with Gasteiger partial charge in [0.1, 0.15) is 11.5 Å². The zero-order valence-corrected chi connectivity index (χ0v) is 16.4. The molecule has 0 atom stereocenters. The molecule has 1 aliphatic carbocycles. The maximum absolute atomic E-state index is 6.38. The lowest BCUT2D eigenvalue weighted by molar-refractivity contribution is 0.220. The summed E-state index contributed by atoms with van der Waals surface area (Å²) in [5.74, 6) is 1.94. The fourth-order valence-corrected chi connectivity index (χ4v) is 4.42. The van der Waals surface area contributed by atoms with Crippen LogP contribution in [0.1, 0.15) is 46.6 Å². The SMILES string of the molecule is CCN1C2=C(CC3=C(C)C=C(c4ccccc4)OC3=C2)C(C)=CC1(C)C. The molecule has 2 heterocycles. The Morgan fingerprint density at radius 2 is 1.73 bits per heavy atom. The van der Waals surface area contributed by atoms with Gasteiger partial charge < -0.3 is 9.64 Å². The van der Waals surface area contributed by atoms with Crippen LogP contribution < -0.4 is 0 Å². The van der Waals surface area contributed by atoms with Crippen molar-refractivity contribution >= 4 is 5.76 Å². The Kier molecular flexibility index (Phi) is 3.95. The lowest BCUT2D eigenvalue weighted by Gasteiger charge is -2.45. The van der Waals surface area contributed by atoms with Crippen molar-refractivity contribution in [2.75, 3.05) is 6.54 Å². The van der Waals surface area contributed by atoms with Crippen LogP contribution in [-0.4, -0.2) is 17.0 Å². The summed E-state index contributed by atoms with van der Waals surface area (Å²) < 4.78 is 6.38. The van der Waals surface area contributed by atoms with Gasteiger partial charge in [0, 0.05) is 35.9 Å². The number of nitrogens with zero attached hydrogens (tertiary/aromatic N) is 1. The van der Waals surface area contributed by atoms with Gasteiger partial charge in [-0.3, -0.25) is 0 Å². The predicted molar refractivity (Wildman–Crippen MR) is 108 cm³/mol. The average Bonchev–Trinajstić information content (AvgIpc) is 2.61. The Morgan fingerprint density at radius 1 is 1.00 bits per heavy atom. The van der Waals surface area contributed by atoms with Crippen LogP contribution in [0, 0.1) is 0 Å². The summed E-state index contributed by atoms with van der Waals surface area (Å²) in [7, 11) is 0. The number of likely N-dealkylation sites (N-methyl/N-ethyl adjacent to an activating group) is 1. The van der Waals surface area contributed by atoms with Gasteiger partial charge in [-0.25, -0.2) is 0 Å². The van der Waals surface area contributed by atoms with E-state index in [2.05, 4.69) is 82.0 Å². The first-order chi connectivity index (χ1) is 12.4. The molecule has 0 fully saturated rings. The number of fused-ring (bicyclic) bond motifs is 1. The van der Waals surface area contributed by atoms with Crippen LogP contribution in [0.5, 0.6) is 0 Å². The quantitative estimate of drug-likeness (QED) is 0.654. The first-order valence-electron chi connectivity index (χ1n) is 9.48. The first kappa shape index (κ1) is 17.0. The van der Waals surface area contributed by atoms with E-state index in [1.165, 1.54) is 28.0 Å². The number of allylic oxidation sites excluding steroid dienone is 6. The number of benzene rings is 1. The van der Waals surface area contributed by atoms with Gasteiger partial charge in [-0.2, -0.15) is 0 Å². The Labute approximate surface area is 156 Å². The van der Waals surface area contributed by atoms with Gasteiger partial charge >= 0.3 is 0 Å². The largest absolute Gasteiger partial charge is 0.456 e. The molecule has 0 unspecified atom stereocenters. The second kappa shape index (κ2) is 6.05. The molecule has 2 nitrogen and oxygen atoms in total. The van der Waals surface area contributed by atoms with Crippen molar-refractivity contribution in [2.45, 2.75) is 46.6 Å². The van der Waals surface area contributed by atoms with Crippen molar-refractivity contribution in [3.63, 3.8) is 0 Å². The Morgan fingerprint density at radius 3 is 2.42 bits per heavy atom. The van der Waals surface area contributed by atoms with Crippen LogP contribution in [-0.2, 0) is 4.74 Å². The molecule has 1 aromatic carbocycles. The third-order valence-corrected chi connectivity index (χ3v) is 5.68. The third kappa shape index (κ3) is 2.65. The number of hydrogen-bond donors (Lipinski definition) is 0. The number of rotatable bonds is 2. The number of hydrogen-bond acceptors (Lipinski definition) is 2. The zero-order chi connectivity index (χ0) is 18.5. The minimum absolute atomic E-state index is 0.0256. The zero-order valence-electron chi connectivity index (χ0n) is 16.4. The monoisotopic (exact) mass is 345 g/mol. The minimum Gasteiger partial charge on any atom is -0.456 e. The topological polar surface area (TPSA) is 12.5 Å². The van der Waals surface area contributed by atoms with E-state index in [1.807, 2.05) is 6.07 Å². The molecule has 0 spiro atoms.